The van der Waals surface area contributed by atoms with Crippen LogP contribution in [-0.2, 0) is 9.59 Å². The molecular formula is C11H12Cl2N2O3. The normalized spacial score (nSPS) is 9.94. The second-order valence-electron chi connectivity index (χ2n) is 3.39. The van der Waals surface area contributed by atoms with Gasteiger partial charge in [-0.2, -0.15) is 0 Å². The summed E-state index contributed by atoms with van der Waals surface area (Å²) in [6, 6.07) is 4.71. The van der Waals surface area contributed by atoms with Crippen LogP contribution in [0.1, 0.15) is 6.42 Å². The molecule has 0 bridgehead atoms. The van der Waals surface area contributed by atoms with Crippen LogP contribution in [0.2, 0.25) is 10.0 Å². The highest BCUT2D eigenvalue weighted by Gasteiger charge is 2.15. The van der Waals surface area contributed by atoms with Crippen LogP contribution in [0.4, 0.5) is 5.69 Å². The standard InChI is InChI=1S/C11H12Cl2N2O3/c12-7-3-1-4-8(9(7)13)15-11(18)10(17)14-5-2-6-16/h1,3-4,16H,2,5-6H2,(H,14,17)(H,15,18). The summed E-state index contributed by atoms with van der Waals surface area (Å²) in [4.78, 5) is 22.8. The lowest BCUT2D eigenvalue weighted by molar-refractivity contribution is -0.136. The Bertz CT molecular complexity index is 452. The summed E-state index contributed by atoms with van der Waals surface area (Å²) in [5.74, 6) is -1.63. The lowest BCUT2D eigenvalue weighted by Gasteiger charge is -2.08. The molecule has 0 aliphatic carbocycles. The van der Waals surface area contributed by atoms with E-state index in [0.29, 0.717) is 6.42 Å². The summed E-state index contributed by atoms with van der Waals surface area (Å²) in [5, 5.41) is 13.7. The summed E-state index contributed by atoms with van der Waals surface area (Å²) in [5.41, 5.74) is 0.270. The number of hydrogen-bond acceptors (Lipinski definition) is 3. The van der Waals surface area contributed by atoms with Crippen molar-refractivity contribution >= 4 is 40.7 Å². The van der Waals surface area contributed by atoms with Gasteiger partial charge in [0, 0.05) is 13.2 Å². The molecule has 5 nitrogen and oxygen atoms in total. The van der Waals surface area contributed by atoms with Crippen LogP contribution in [-0.4, -0.2) is 30.1 Å². The maximum absolute atomic E-state index is 11.5. The molecule has 2 amide bonds. The smallest absolute Gasteiger partial charge is 0.313 e. The van der Waals surface area contributed by atoms with Gasteiger partial charge in [0.15, 0.2) is 0 Å². The number of benzene rings is 1. The number of aliphatic hydroxyl groups excluding tert-OH is 1. The van der Waals surface area contributed by atoms with E-state index in [9.17, 15) is 9.59 Å². The highest BCUT2D eigenvalue weighted by Crippen LogP contribution is 2.29. The monoisotopic (exact) mass is 290 g/mol. The second kappa shape index (κ2) is 7.20. The fourth-order valence-corrected chi connectivity index (χ4v) is 1.49. The van der Waals surface area contributed by atoms with Crippen molar-refractivity contribution in [1.29, 1.82) is 0 Å². The van der Waals surface area contributed by atoms with Crippen LogP contribution >= 0.6 is 23.2 Å². The molecule has 3 N–H and O–H groups in total. The zero-order valence-electron chi connectivity index (χ0n) is 9.37. The van der Waals surface area contributed by atoms with Crippen molar-refractivity contribution in [2.45, 2.75) is 6.42 Å². The van der Waals surface area contributed by atoms with Gasteiger partial charge in [0.25, 0.3) is 0 Å². The van der Waals surface area contributed by atoms with E-state index in [1.165, 1.54) is 6.07 Å². The first-order valence-electron chi connectivity index (χ1n) is 5.20. The Labute approximate surface area is 114 Å². The van der Waals surface area contributed by atoms with Crippen molar-refractivity contribution in [2.75, 3.05) is 18.5 Å². The number of anilines is 1. The SMILES string of the molecule is O=C(NCCCO)C(=O)Nc1cccc(Cl)c1Cl. The van der Waals surface area contributed by atoms with Crippen molar-refractivity contribution in [3.63, 3.8) is 0 Å². The van der Waals surface area contributed by atoms with E-state index < -0.39 is 11.8 Å². The zero-order valence-corrected chi connectivity index (χ0v) is 10.9. The first-order chi connectivity index (χ1) is 8.56. The van der Waals surface area contributed by atoms with Crippen molar-refractivity contribution in [3.8, 4) is 0 Å². The quantitative estimate of drug-likeness (QED) is 0.580. The predicted octanol–water partition coefficient (Wildman–Crippen LogP) is 1.43. The van der Waals surface area contributed by atoms with E-state index in [1.807, 2.05) is 0 Å². The molecule has 98 valence electrons. The predicted molar refractivity (Wildman–Crippen MR) is 69.8 cm³/mol. The number of carbonyl (C=O) groups excluding carboxylic acids is 2. The number of hydrogen-bond donors (Lipinski definition) is 3. The van der Waals surface area contributed by atoms with Crippen LogP contribution < -0.4 is 10.6 Å². The minimum atomic E-state index is -0.836. The summed E-state index contributed by atoms with van der Waals surface area (Å²) >= 11 is 11.6. The van der Waals surface area contributed by atoms with Gasteiger partial charge in [-0.1, -0.05) is 29.3 Å². The molecule has 1 rings (SSSR count). The van der Waals surface area contributed by atoms with Gasteiger partial charge in [-0.25, -0.2) is 0 Å². The molecule has 18 heavy (non-hydrogen) atoms. The number of nitrogens with one attached hydrogen (secondary N) is 2. The molecule has 0 spiro atoms. The van der Waals surface area contributed by atoms with Crippen LogP contribution in [0.5, 0.6) is 0 Å². The van der Waals surface area contributed by atoms with Gasteiger partial charge in [-0.05, 0) is 18.6 Å². The van der Waals surface area contributed by atoms with Crippen LogP contribution in [0, 0.1) is 0 Å². The fourth-order valence-electron chi connectivity index (χ4n) is 1.14. The number of aliphatic hydroxyl groups is 1. The molecule has 0 unspecified atom stereocenters. The number of halogens is 2. The first kappa shape index (κ1) is 14.8. The Hall–Kier alpha value is -1.30. The van der Waals surface area contributed by atoms with Crippen molar-refractivity contribution < 1.29 is 14.7 Å². The number of carbonyl (C=O) groups is 2. The Kier molecular flexibility index (Phi) is 5.91. The van der Waals surface area contributed by atoms with Gasteiger partial charge in [-0.15, -0.1) is 0 Å². The van der Waals surface area contributed by atoms with Gasteiger partial charge in [-0.3, -0.25) is 9.59 Å². The summed E-state index contributed by atoms with van der Waals surface area (Å²) in [7, 11) is 0. The molecule has 0 aliphatic heterocycles. The molecule has 0 aliphatic rings. The maximum atomic E-state index is 11.5. The molecule has 0 saturated carbocycles. The summed E-state index contributed by atoms with van der Waals surface area (Å²) in [6.07, 6.45) is 0.386. The average molecular weight is 291 g/mol. The van der Waals surface area contributed by atoms with E-state index in [2.05, 4.69) is 10.6 Å². The minimum absolute atomic E-state index is 0.0536. The van der Waals surface area contributed by atoms with Gasteiger partial charge in [0.05, 0.1) is 15.7 Å². The molecule has 0 radical (unpaired) electrons. The van der Waals surface area contributed by atoms with Gasteiger partial charge in [0.1, 0.15) is 0 Å². The molecule has 0 saturated heterocycles. The Morgan fingerprint density at radius 1 is 1.22 bits per heavy atom. The largest absolute Gasteiger partial charge is 0.396 e. The molecule has 0 fully saturated rings. The van der Waals surface area contributed by atoms with E-state index in [1.54, 1.807) is 12.1 Å². The highest BCUT2D eigenvalue weighted by molar-refractivity contribution is 6.45. The highest BCUT2D eigenvalue weighted by atomic mass is 35.5. The van der Waals surface area contributed by atoms with Crippen molar-refractivity contribution in [3.05, 3.63) is 28.2 Å². The molecule has 1 aromatic rings. The molecule has 1 aromatic carbocycles. The maximum Gasteiger partial charge on any atom is 0.313 e. The third-order valence-electron chi connectivity index (χ3n) is 2.03. The summed E-state index contributed by atoms with van der Waals surface area (Å²) in [6.45, 7) is 0.175. The zero-order chi connectivity index (χ0) is 13.5. The minimum Gasteiger partial charge on any atom is -0.396 e. The number of amides is 2. The molecular weight excluding hydrogens is 279 g/mol. The molecule has 0 atom stereocenters. The lowest BCUT2D eigenvalue weighted by atomic mass is 10.3. The average Bonchev–Trinajstić information content (AvgIpc) is 2.35. The van der Waals surface area contributed by atoms with Gasteiger partial charge in [0.2, 0.25) is 0 Å². The Balaban J connectivity index is 2.59. The molecule has 7 heteroatoms. The van der Waals surface area contributed by atoms with Crippen LogP contribution in [0.25, 0.3) is 0 Å². The van der Waals surface area contributed by atoms with Crippen LogP contribution in [0.15, 0.2) is 18.2 Å². The molecule has 0 aromatic heterocycles. The van der Waals surface area contributed by atoms with E-state index in [-0.39, 0.29) is 28.9 Å². The Morgan fingerprint density at radius 3 is 2.61 bits per heavy atom. The van der Waals surface area contributed by atoms with Crippen LogP contribution in [0.3, 0.4) is 0 Å². The molecule has 0 heterocycles. The second-order valence-corrected chi connectivity index (χ2v) is 4.17. The van der Waals surface area contributed by atoms with E-state index in [4.69, 9.17) is 28.3 Å². The summed E-state index contributed by atoms with van der Waals surface area (Å²) < 4.78 is 0. The topological polar surface area (TPSA) is 78.4 Å². The Morgan fingerprint density at radius 2 is 1.94 bits per heavy atom. The third-order valence-corrected chi connectivity index (χ3v) is 2.85. The fraction of sp³-hybridized carbons (Fsp3) is 0.273. The van der Waals surface area contributed by atoms with E-state index in [0.717, 1.165) is 0 Å². The van der Waals surface area contributed by atoms with E-state index >= 15 is 0 Å². The van der Waals surface area contributed by atoms with Crippen molar-refractivity contribution in [2.24, 2.45) is 0 Å². The third kappa shape index (κ3) is 4.18. The van der Waals surface area contributed by atoms with Gasteiger partial charge < -0.3 is 15.7 Å². The van der Waals surface area contributed by atoms with Gasteiger partial charge >= 0.3 is 11.8 Å². The lowest BCUT2D eigenvalue weighted by Crippen LogP contribution is -2.36. The first-order valence-corrected chi connectivity index (χ1v) is 5.96. The number of rotatable bonds is 4. The van der Waals surface area contributed by atoms with Crippen molar-refractivity contribution in [1.82, 2.24) is 5.32 Å².